The molecule has 0 aliphatic carbocycles. The summed E-state index contributed by atoms with van der Waals surface area (Å²) in [7, 11) is 0. The van der Waals surface area contributed by atoms with E-state index >= 15 is 0 Å². The summed E-state index contributed by atoms with van der Waals surface area (Å²) in [4.78, 5) is 34.6. The second-order valence-electron chi connectivity index (χ2n) is 5.96. The van der Waals surface area contributed by atoms with Crippen molar-refractivity contribution in [2.24, 2.45) is 0 Å². The molecule has 0 saturated carbocycles. The van der Waals surface area contributed by atoms with Crippen LogP contribution in [0.3, 0.4) is 0 Å². The molecule has 116 valence electrons. The van der Waals surface area contributed by atoms with E-state index in [1.165, 1.54) is 17.0 Å². The van der Waals surface area contributed by atoms with Gasteiger partial charge in [-0.2, -0.15) is 0 Å². The average molecular weight is 302 g/mol. The van der Waals surface area contributed by atoms with Crippen LogP contribution in [-0.2, 0) is 16.1 Å². The molecule has 0 radical (unpaired) electrons. The molecule has 0 bridgehead atoms. The maximum atomic E-state index is 12.4. The van der Waals surface area contributed by atoms with Crippen molar-refractivity contribution in [1.29, 1.82) is 0 Å². The lowest BCUT2D eigenvalue weighted by Gasteiger charge is -2.38. The first-order valence-corrected chi connectivity index (χ1v) is 7.18. The molecule has 0 N–H and O–H groups in total. The van der Waals surface area contributed by atoms with Crippen LogP contribution in [0.15, 0.2) is 29.5 Å². The van der Waals surface area contributed by atoms with Crippen LogP contribution < -0.4 is 5.56 Å². The quantitative estimate of drug-likeness (QED) is 0.804. The minimum Gasteiger partial charge on any atom is -0.372 e. The summed E-state index contributed by atoms with van der Waals surface area (Å²) in [5.74, 6) is -0.0956. The molecule has 2 aromatic rings. The van der Waals surface area contributed by atoms with E-state index in [2.05, 4.69) is 9.97 Å². The number of hydrogen-bond acceptors (Lipinski definition) is 5. The summed E-state index contributed by atoms with van der Waals surface area (Å²) >= 11 is 0. The lowest BCUT2D eigenvalue weighted by molar-refractivity contribution is -0.146. The van der Waals surface area contributed by atoms with Gasteiger partial charge in [-0.25, -0.2) is 4.98 Å². The predicted molar refractivity (Wildman–Crippen MR) is 80.4 cm³/mol. The summed E-state index contributed by atoms with van der Waals surface area (Å²) in [5, 5.41) is 0. The molecule has 0 aromatic carbocycles. The zero-order chi connectivity index (χ0) is 15.7. The molecule has 0 spiro atoms. The van der Waals surface area contributed by atoms with Gasteiger partial charge in [0.05, 0.1) is 17.7 Å². The zero-order valence-electron chi connectivity index (χ0n) is 12.7. The minimum absolute atomic E-state index is 0.00142. The molecule has 3 heterocycles. The first-order chi connectivity index (χ1) is 10.5. The monoisotopic (exact) mass is 302 g/mol. The second kappa shape index (κ2) is 5.49. The smallest absolute Gasteiger partial charge is 0.279 e. The largest absolute Gasteiger partial charge is 0.372 e. The molecule has 1 fully saturated rings. The highest BCUT2D eigenvalue weighted by molar-refractivity contribution is 5.77. The minimum atomic E-state index is -0.353. The van der Waals surface area contributed by atoms with Crippen molar-refractivity contribution in [3.8, 4) is 0 Å². The summed E-state index contributed by atoms with van der Waals surface area (Å²) in [6.45, 7) is 5.48. The van der Waals surface area contributed by atoms with E-state index in [0.29, 0.717) is 25.2 Å². The van der Waals surface area contributed by atoms with Crippen molar-refractivity contribution in [3.63, 3.8) is 0 Å². The highest BCUT2D eigenvalue weighted by Crippen LogP contribution is 2.16. The van der Waals surface area contributed by atoms with E-state index in [-0.39, 0.29) is 29.1 Å². The van der Waals surface area contributed by atoms with Gasteiger partial charge in [0.15, 0.2) is 5.52 Å². The maximum absolute atomic E-state index is 12.4. The first kappa shape index (κ1) is 14.6. The SMILES string of the molecule is CC1(C)CN(C(=O)Cn2ccc3nccnc3c2=O)CCO1. The summed E-state index contributed by atoms with van der Waals surface area (Å²) in [6, 6.07) is 1.69. The highest BCUT2D eigenvalue weighted by atomic mass is 16.5. The Morgan fingerprint density at radius 3 is 2.91 bits per heavy atom. The molecule has 0 unspecified atom stereocenters. The van der Waals surface area contributed by atoms with Crippen LogP contribution in [0.2, 0.25) is 0 Å². The second-order valence-corrected chi connectivity index (χ2v) is 5.96. The van der Waals surface area contributed by atoms with Gasteiger partial charge in [0.25, 0.3) is 5.56 Å². The normalized spacial score (nSPS) is 17.6. The first-order valence-electron chi connectivity index (χ1n) is 7.18. The molecule has 1 aliphatic heterocycles. The Labute approximate surface area is 127 Å². The van der Waals surface area contributed by atoms with E-state index < -0.39 is 0 Å². The van der Waals surface area contributed by atoms with E-state index in [0.717, 1.165) is 0 Å². The lowest BCUT2D eigenvalue weighted by Crippen LogP contribution is -2.51. The predicted octanol–water partition coefficient (Wildman–Crippen LogP) is 0.429. The molecule has 3 rings (SSSR count). The van der Waals surface area contributed by atoms with Crippen molar-refractivity contribution < 1.29 is 9.53 Å². The number of rotatable bonds is 2. The fourth-order valence-electron chi connectivity index (χ4n) is 2.60. The van der Waals surface area contributed by atoms with Crippen molar-refractivity contribution in [2.75, 3.05) is 19.7 Å². The standard InChI is InChI=1S/C15H18N4O3/c1-15(2)10-19(7-8-22-15)12(20)9-18-6-3-11-13(14(18)21)17-5-4-16-11/h3-6H,7-10H2,1-2H3. The number of nitrogens with zero attached hydrogens (tertiary/aromatic N) is 4. The number of aromatic nitrogens is 3. The Bertz CT molecular complexity index is 769. The van der Waals surface area contributed by atoms with Gasteiger partial charge in [0, 0.05) is 31.7 Å². The molecular formula is C15H18N4O3. The van der Waals surface area contributed by atoms with Crippen LogP contribution in [0.5, 0.6) is 0 Å². The maximum Gasteiger partial charge on any atom is 0.279 e. The van der Waals surface area contributed by atoms with Crippen LogP contribution in [0.1, 0.15) is 13.8 Å². The van der Waals surface area contributed by atoms with Gasteiger partial charge in [0.2, 0.25) is 5.91 Å². The van der Waals surface area contributed by atoms with Gasteiger partial charge in [-0.05, 0) is 19.9 Å². The molecule has 1 amide bonds. The Balaban J connectivity index is 1.82. The summed E-state index contributed by atoms with van der Waals surface area (Å²) in [5.41, 5.74) is 0.156. The number of fused-ring (bicyclic) bond motifs is 1. The molecule has 7 nitrogen and oxygen atoms in total. The molecule has 7 heteroatoms. The third-order valence-electron chi connectivity index (χ3n) is 3.69. The number of amides is 1. The Kier molecular flexibility index (Phi) is 3.66. The molecule has 22 heavy (non-hydrogen) atoms. The van der Waals surface area contributed by atoms with E-state index in [1.807, 2.05) is 13.8 Å². The third-order valence-corrected chi connectivity index (χ3v) is 3.69. The zero-order valence-corrected chi connectivity index (χ0v) is 12.7. The Hall–Kier alpha value is -2.28. The average Bonchev–Trinajstić information content (AvgIpc) is 2.49. The van der Waals surface area contributed by atoms with Crippen molar-refractivity contribution in [2.45, 2.75) is 26.0 Å². The van der Waals surface area contributed by atoms with Crippen LogP contribution in [0.4, 0.5) is 0 Å². The molecule has 1 saturated heterocycles. The Morgan fingerprint density at radius 1 is 1.36 bits per heavy atom. The number of ether oxygens (including phenoxy) is 1. The summed E-state index contributed by atoms with van der Waals surface area (Å²) < 4.78 is 6.97. The van der Waals surface area contributed by atoms with Gasteiger partial charge in [-0.15, -0.1) is 0 Å². The summed E-state index contributed by atoms with van der Waals surface area (Å²) in [6.07, 6.45) is 4.59. The molecule has 1 aliphatic rings. The topological polar surface area (TPSA) is 77.3 Å². The molecular weight excluding hydrogens is 284 g/mol. The van der Waals surface area contributed by atoms with Crippen molar-refractivity contribution >= 4 is 16.9 Å². The van der Waals surface area contributed by atoms with Crippen LogP contribution in [0.25, 0.3) is 11.0 Å². The van der Waals surface area contributed by atoms with Gasteiger partial charge < -0.3 is 14.2 Å². The lowest BCUT2D eigenvalue weighted by atomic mass is 10.1. The number of morpholine rings is 1. The fraction of sp³-hybridized carbons (Fsp3) is 0.467. The van der Waals surface area contributed by atoms with Gasteiger partial charge >= 0.3 is 0 Å². The van der Waals surface area contributed by atoms with Gasteiger partial charge in [-0.3, -0.25) is 14.6 Å². The molecule has 0 atom stereocenters. The van der Waals surface area contributed by atoms with Crippen LogP contribution in [-0.4, -0.2) is 50.6 Å². The van der Waals surface area contributed by atoms with Crippen LogP contribution in [0, 0.1) is 0 Å². The van der Waals surface area contributed by atoms with Crippen molar-refractivity contribution in [1.82, 2.24) is 19.4 Å². The van der Waals surface area contributed by atoms with E-state index in [4.69, 9.17) is 4.74 Å². The van der Waals surface area contributed by atoms with E-state index in [9.17, 15) is 9.59 Å². The van der Waals surface area contributed by atoms with Crippen LogP contribution >= 0.6 is 0 Å². The number of carbonyl (C=O) groups excluding carboxylic acids is 1. The highest BCUT2D eigenvalue weighted by Gasteiger charge is 2.30. The van der Waals surface area contributed by atoms with Gasteiger partial charge in [0.1, 0.15) is 6.54 Å². The van der Waals surface area contributed by atoms with Crippen molar-refractivity contribution in [3.05, 3.63) is 35.0 Å². The third kappa shape index (κ3) is 2.85. The number of pyridine rings is 1. The fourth-order valence-corrected chi connectivity index (χ4v) is 2.60. The number of hydrogen-bond donors (Lipinski definition) is 0. The van der Waals surface area contributed by atoms with Gasteiger partial charge in [-0.1, -0.05) is 0 Å². The number of carbonyl (C=O) groups is 1. The van der Waals surface area contributed by atoms with E-state index in [1.54, 1.807) is 17.2 Å². The Morgan fingerprint density at radius 2 is 2.14 bits per heavy atom. The molecule has 2 aromatic heterocycles.